The summed E-state index contributed by atoms with van der Waals surface area (Å²) in [6.07, 6.45) is 2.81. The van der Waals surface area contributed by atoms with Crippen molar-refractivity contribution in [1.29, 1.82) is 0 Å². The van der Waals surface area contributed by atoms with E-state index in [1.165, 1.54) is 6.26 Å². The molecule has 0 aliphatic rings. The normalized spacial score (nSPS) is 13.5. The van der Waals surface area contributed by atoms with Crippen LogP contribution in [0.25, 0.3) is 0 Å². The first-order valence-electron chi connectivity index (χ1n) is 4.81. The lowest BCUT2D eigenvalue weighted by Gasteiger charge is -2.11. The van der Waals surface area contributed by atoms with Gasteiger partial charge in [0.1, 0.15) is 16.9 Å². The van der Waals surface area contributed by atoms with Crippen LogP contribution in [-0.2, 0) is 9.84 Å². The molecule has 0 aliphatic heterocycles. The van der Waals surface area contributed by atoms with E-state index in [1.807, 2.05) is 6.92 Å². The predicted molar refractivity (Wildman–Crippen MR) is 72.2 cm³/mol. The van der Waals surface area contributed by atoms with Gasteiger partial charge in [-0.25, -0.2) is 18.4 Å². The second-order valence-corrected chi connectivity index (χ2v) is 6.96. The molecule has 1 aromatic rings. The number of nitrogens with zero attached hydrogens (tertiary/aromatic N) is 2. The summed E-state index contributed by atoms with van der Waals surface area (Å²) in [4.78, 5) is 8.27. The third-order valence-electron chi connectivity index (χ3n) is 2.11. The fourth-order valence-corrected chi connectivity index (χ4v) is 2.01. The summed E-state index contributed by atoms with van der Waals surface area (Å²) in [7, 11) is -3.16. The van der Waals surface area contributed by atoms with Crippen molar-refractivity contribution in [1.82, 2.24) is 9.97 Å². The van der Waals surface area contributed by atoms with Crippen LogP contribution < -0.4 is 5.32 Å². The minimum absolute atomic E-state index is 0.332. The number of halogens is 1. The molecule has 1 rings (SSSR count). The summed E-state index contributed by atoms with van der Waals surface area (Å²) in [5.74, 6) is 1.02. The van der Waals surface area contributed by atoms with Crippen molar-refractivity contribution in [3.05, 3.63) is 15.6 Å². The number of nitrogens with one attached hydrogen (secondary N) is 1. The Bertz CT molecular complexity index is 476. The molecule has 0 bridgehead atoms. The molecule has 0 saturated carbocycles. The van der Waals surface area contributed by atoms with Gasteiger partial charge in [0.25, 0.3) is 0 Å². The molecule has 0 spiro atoms. The van der Waals surface area contributed by atoms with Crippen LogP contribution in [0.2, 0.25) is 0 Å². The fraction of sp³-hybridized carbons (Fsp3) is 0.556. The summed E-state index contributed by atoms with van der Waals surface area (Å²) < 4.78 is 23.6. The van der Waals surface area contributed by atoms with Gasteiger partial charge in [0.15, 0.2) is 9.84 Å². The Labute approximate surface area is 109 Å². The van der Waals surface area contributed by atoms with E-state index < -0.39 is 15.1 Å². The summed E-state index contributed by atoms with van der Waals surface area (Å²) in [5.41, 5.74) is 0. The fourth-order valence-electron chi connectivity index (χ4n) is 1.06. The van der Waals surface area contributed by atoms with Gasteiger partial charge >= 0.3 is 0 Å². The zero-order chi connectivity index (χ0) is 12.3. The molecule has 1 heterocycles. The van der Waals surface area contributed by atoms with Crippen molar-refractivity contribution < 1.29 is 8.42 Å². The lowest BCUT2D eigenvalue weighted by atomic mass is 10.4. The van der Waals surface area contributed by atoms with Crippen LogP contribution in [0.1, 0.15) is 24.9 Å². The average Bonchev–Trinajstić information content (AvgIpc) is 2.19. The van der Waals surface area contributed by atoms with Gasteiger partial charge in [-0.1, -0.05) is 0 Å². The van der Waals surface area contributed by atoms with Crippen molar-refractivity contribution in [3.8, 4) is 0 Å². The van der Waals surface area contributed by atoms with Gasteiger partial charge in [-0.05, 0) is 36.4 Å². The first kappa shape index (κ1) is 13.6. The maximum absolute atomic E-state index is 11.4. The summed E-state index contributed by atoms with van der Waals surface area (Å²) in [6.45, 7) is 4.28. The van der Waals surface area contributed by atoms with Crippen molar-refractivity contribution >= 4 is 38.2 Å². The number of sulfone groups is 1. The minimum Gasteiger partial charge on any atom is -0.369 e. The Morgan fingerprint density at radius 3 is 2.69 bits per heavy atom. The number of anilines is 1. The maximum Gasteiger partial charge on any atom is 0.157 e. The molecule has 0 radical (unpaired) electrons. The molecule has 0 amide bonds. The minimum atomic E-state index is -3.16. The van der Waals surface area contributed by atoms with Crippen LogP contribution in [0, 0.1) is 3.57 Å². The summed E-state index contributed by atoms with van der Waals surface area (Å²) in [5, 5.41) is 2.39. The van der Waals surface area contributed by atoms with Crippen LogP contribution in [0.4, 0.5) is 5.82 Å². The molecule has 7 heteroatoms. The van der Waals surface area contributed by atoms with Crippen LogP contribution in [-0.4, -0.2) is 31.2 Å². The highest BCUT2D eigenvalue weighted by atomic mass is 127. The quantitative estimate of drug-likeness (QED) is 0.831. The van der Waals surface area contributed by atoms with Crippen molar-refractivity contribution in [2.45, 2.75) is 19.1 Å². The predicted octanol–water partition coefficient (Wildman–Crippen LogP) is 1.62. The standard InChI is InChI=1S/C9H14IN3O2S/c1-4-11-9-7(10)5-12-8(13-9)6(2)16(3,14)15/h5-6H,4H2,1-3H3,(H,11,12,13). The van der Waals surface area contributed by atoms with Crippen LogP contribution in [0.15, 0.2) is 6.20 Å². The molecule has 1 unspecified atom stereocenters. The van der Waals surface area contributed by atoms with Crippen LogP contribution in [0.3, 0.4) is 0 Å². The first-order valence-corrected chi connectivity index (χ1v) is 7.84. The molecule has 1 N–H and O–H groups in total. The van der Waals surface area contributed by atoms with E-state index in [0.29, 0.717) is 11.6 Å². The highest BCUT2D eigenvalue weighted by Crippen LogP contribution is 2.21. The Morgan fingerprint density at radius 2 is 2.19 bits per heavy atom. The Morgan fingerprint density at radius 1 is 1.56 bits per heavy atom. The number of hydrogen-bond donors (Lipinski definition) is 1. The molecule has 0 saturated heterocycles. The first-order chi connectivity index (χ1) is 7.36. The third-order valence-corrected chi connectivity index (χ3v) is 4.40. The van der Waals surface area contributed by atoms with E-state index in [4.69, 9.17) is 0 Å². The van der Waals surface area contributed by atoms with E-state index >= 15 is 0 Å². The molecule has 0 fully saturated rings. The second-order valence-electron chi connectivity index (χ2n) is 3.43. The Hall–Kier alpha value is -0.440. The molecule has 1 aromatic heterocycles. The molecule has 16 heavy (non-hydrogen) atoms. The Kier molecular flexibility index (Phi) is 4.48. The van der Waals surface area contributed by atoms with E-state index in [1.54, 1.807) is 13.1 Å². The van der Waals surface area contributed by atoms with Gasteiger partial charge in [-0.3, -0.25) is 0 Å². The number of aromatic nitrogens is 2. The zero-order valence-corrected chi connectivity index (χ0v) is 12.3. The third kappa shape index (κ3) is 3.27. The van der Waals surface area contributed by atoms with Gasteiger partial charge in [0.2, 0.25) is 0 Å². The smallest absolute Gasteiger partial charge is 0.157 e. The molecule has 1 atom stereocenters. The molecule has 5 nitrogen and oxygen atoms in total. The van der Waals surface area contributed by atoms with Gasteiger partial charge in [0, 0.05) is 19.0 Å². The van der Waals surface area contributed by atoms with E-state index in [2.05, 4.69) is 37.9 Å². The van der Waals surface area contributed by atoms with Crippen LogP contribution >= 0.6 is 22.6 Å². The topological polar surface area (TPSA) is 72.0 Å². The van der Waals surface area contributed by atoms with Gasteiger partial charge in [0.05, 0.1) is 3.57 Å². The summed E-state index contributed by atoms with van der Waals surface area (Å²) >= 11 is 2.11. The molecule has 90 valence electrons. The maximum atomic E-state index is 11.4. The lowest BCUT2D eigenvalue weighted by molar-refractivity contribution is 0.589. The highest BCUT2D eigenvalue weighted by molar-refractivity contribution is 14.1. The van der Waals surface area contributed by atoms with Gasteiger partial charge in [-0.2, -0.15) is 0 Å². The lowest BCUT2D eigenvalue weighted by Crippen LogP contribution is -2.13. The molecule has 0 aromatic carbocycles. The summed E-state index contributed by atoms with van der Waals surface area (Å²) in [6, 6.07) is 0. The van der Waals surface area contributed by atoms with Crippen molar-refractivity contribution in [3.63, 3.8) is 0 Å². The van der Waals surface area contributed by atoms with E-state index in [9.17, 15) is 8.42 Å². The second kappa shape index (κ2) is 5.26. The zero-order valence-electron chi connectivity index (χ0n) is 9.36. The van der Waals surface area contributed by atoms with E-state index in [0.717, 1.165) is 10.1 Å². The number of rotatable bonds is 4. The average molecular weight is 355 g/mol. The Balaban J connectivity index is 3.12. The van der Waals surface area contributed by atoms with Crippen LogP contribution in [0.5, 0.6) is 0 Å². The van der Waals surface area contributed by atoms with Gasteiger partial charge in [-0.15, -0.1) is 0 Å². The van der Waals surface area contributed by atoms with Crippen molar-refractivity contribution in [2.24, 2.45) is 0 Å². The monoisotopic (exact) mass is 355 g/mol. The SMILES string of the molecule is CCNc1nc(C(C)S(C)(=O)=O)ncc1I. The largest absolute Gasteiger partial charge is 0.369 e. The molecular weight excluding hydrogens is 341 g/mol. The number of hydrogen-bond acceptors (Lipinski definition) is 5. The van der Waals surface area contributed by atoms with Gasteiger partial charge < -0.3 is 5.32 Å². The van der Waals surface area contributed by atoms with Crippen molar-refractivity contribution in [2.75, 3.05) is 18.1 Å². The van der Waals surface area contributed by atoms with E-state index in [-0.39, 0.29) is 0 Å². The molecular formula is C9H14IN3O2S. The highest BCUT2D eigenvalue weighted by Gasteiger charge is 2.21. The molecule has 0 aliphatic carbocycles.